The summed E-state index contributed by atoms with van der Waals surface area (Å²) in [6.45, 7) is 0. The molecule has 0 unspecified atom stereocenters. The Kier molecular flexibility index (Phi) is 2.05. The second-order valence-electron chi connectivity index (χ2n) is 2.55. The molecule has 0 atom stereocenters. The van der Waals surface area contributed by atoms with Crippen molar-refractivity contribution in [2.45, 2.75) is 5.16 Å². The van der Waals surface area contributed by atoms with Crippen molar-refractivity contribution in [3.8, 4) is 0 Å². The Labute approximate surface area is 81.1 Å². The van der Waals surface area contributed by atoms with E-state index in [-0.39, 0.29) is 5.16 Å². The fraction of sp³-hybridized carbons (Fsp3) is 0. The van der Waals surface area contributed by atoms with Crippen molar-refractivity contribution < 1.29 is 8.42 Å². The van der Waals surface area contributed by atoms with Crippen LogP contribution in [0.25, 0.3) is 0 Å². The minimum absolute atomic E-state index is 0.198. The molecule has 0 saturated carbocycles. The van der Waals surface area contributed by atoms with Gasteiger partial charge in [0.2, 0.25) is 0 Å². The minimum atomic E-state index is -3.60. The van der Waals surface area contributed by atoms with Crippen molar-refractivity contribution in [1.82, 2.24) is 13.9 Å². The zero-order valence-corrected chi connectivity index (χ0v) is 7.92. The lowest BCUT2D eigenvalue weighted by Crippen LogP contribution is -2.13. The molecule has 6 heteroatoms. The first kappa shape index (κ1) is 8.89. The third-order valence-corrected chi connectivity index (χ3v) is 3.10. The van der Waals surface area contributed by atoms with E-state index >= 15 is 0 Å². The Morgan fingerprint density at radius 2 is 1.57 bits per heavy atom. The summed E-state index contributed by atoms with van der Waals surface area (Å²) in [5.74, 6) is 0. The normalized spacial score (nSPS) is 11.4. The first-order chi connectivity index (χ1) is 6.71. The molecular formula is C8H7N3O2S. The Morgan fingerprint density at radius 1 is 1.00 bits per heavy atom. The molecule has 2 aromatic rings. The average molecular weight is 209 g/mol. The molecular weight excluding hydrogens is 202 g/mol. The molecule has 0 spiro atoms. The number of hydrogen-bond donors (Lipinski definition) is 0. The lowest BCUT2D eigenvalue weighted by atomic mass is 10.7. The lowest BCUT2D eigenvalue weighted by Gasteiger charge is -2.01. The zero-order valence-electron chi connectivity index (χ0n) is 7.11. The molecule has 2 heterocycles. The highest BCUT2D eigenvalue weighted by Crippen LogP contribution is 2.06. The summed E-state index contributed by atoms with van der Waals surface area (Å²) in [5.41, 5.74) is 0. The number of rotatable bonds is 2. The largest absolute Gasteiger partial charge is 0.303 e. The Bertz CT molecular complexity index is 505. The van der Waals surface area contributed by atoms with Gasteiger partial charge in [0, 0.05) is 24.8 Å². The van der Waals surface area contributed by atoms with Crippen molar-refractivity contribution in [3.63, 3.8) is 0 Å². The van der Waals surface area contributed by atoms with Crippen LogP contribution in [0.2, 0.25) is 0 Å². The van der Waals surface area contributed by atoms with E-state index in [0.29, 0.717) is 0 Å². The third-order valence-electron chi connectivity index (χ3n) is 1.63. The molecule has 2 rings (SSSR count). The van der Waals surface area contributed by atoms with Gasteiger partial charge in [0.05, 0.1) is 0 Å². The van der Waals surface area contributed by atoms with Gasteiger partial charge in [-0.3, -0.25) is 0 Å². The van der Waals surface area contributed by atoms with Crippen LogP contribution in [-0.4, -0.2) is 22.4 Å². The number of aromatic nitrogens is 3. The van der Waals surface area contributed by atoms with Gasteiger partial charge in [0.1, 0.15) is 0 Å². The molecule has 2 aromatic heterocycles. The molecule has 0 aliphatic heterocycles. The zero-order chi connectivity index (χ0) is 10.0. The van der Waals surface area contributed by atoms with Gasteiger partial charge in [0.15, 0.2) is 0 Å². The van der Waals surface area contributed by atoms with Gasteiger partial charge in [0.25, 0.3) is 5.16 Å². The lowest BCUT2D eigenvalue weighted by molar-refractivity contribution is 0.578. The number of hydrogen-bond acceptors (Lipinski definition) is 4. The van der Waals surface area contributed by atoms with Crippen LogP contribution < -0.4 is 0 Å². The van der Waals surface area contributed by atoms with Crippen LogP contribution in [-0.2, 0) is 10.0 Å². The summed E-state index contributed by atoms with van der Waals surface area (Å²) in [4.78, 5) is 7.37. The van der Waals surface area contributed by atoms with E-state index in [4.69, 9.17) is 0 Å². The van der Waals surface area contributed by atoms with Crippen molar-refractivity contribution in [3.05, 3.63) is 43.0 Å². The monoisotopic (exact) mass is 209 g/mol. The van der Waals surface area contributed by atoms with E-state index in [2.05, 4.69) is 9.97 Å². The predicted molar refractivity (Wildman–Crippen MR) is 49.0 cm³/mol. The molecule has 0 N–H and O–H groups in total. The van der Waals surface area contributed by atoms with Crippen LogP contribution in [0.1, 0.15) is 0 Å². The highest BCUT2D eigenvalue weighted by molar-refractivity contribution is 7.89. The van der Waals surface area contributed by atoms with E-state index in [1.807, 2.05) is 0 Å². The van der Waals surface area contributed by atoms with Gasteiger partial charge in [-0.25, -0.2) is 13.9 Å². The topological polar surface area (TPSA) is 64.8 Å². The minimum Gasteiger partial charge on any atom is -0.246 e. The van der Waals surface area contributed by atoms with Gasteiger partial charge >= 0.3 is 10.0 Å². The van der Waals surface area contributed by atoms with Crippen LogP contribution in [0.5, 0.6) is 0 Å². The quantitative estimate of drug-likeness (QED) is 0.676. The molecule has 0 radical (unpaired) electrons. The fourth-order valence-electron chi connectivity index (χ4n) is 0.992. The maximum absolute atomic E-state index is 11.7. The smallest absolute Gasteiger partial charge is 0.246 e. The summed E-state index contributed by atoms with van der Waals surface area (Å²) in [7, 11) is -3.60. The van der Waals surface area contributed by atoms with E-state index in [1.54, 1.807) is 18.2 Å². The molecule has 72 valence electrons. The summed E-state index contributed by atoms with van der Waals surface area (Å²) in [6.07, 6.45) is 5.66. The van der Waals surface area contributed by atoms with Crippen molar-refractivity contribution in [1.29, 1.82) is 0 Å². The second-order valence-corrected chi connectivity index (χ2v) is 4.29. The first-order valence-electron chi connectivity index (χ1n) is 3.87. The van der Waals surface area contributed by atoms with E-state index in [1.165, 1.54) is 24.8 Å². The van der Waals surface area contributed by atoms with Crippen LogP contribution in [0.15, 0.2) is 48.1 Å². The van der Waals surface area contributed by atoms with Crippen LogP contribution in [0, 0.1) is 0 Å². The van der Waals surface area contributed by atoms with Gasteiger partial charge in [-0.1, -0.05) is 0 Å². The second kappa shape index (κ2) is 3.22. The molecule has 0 amide bonds. The van der Waals surface area contributed by atoms with Gasteiger partial charge < -0.3 is 0 Å². The Morgan fingerprint density at radius 3 is 2.14 bits per heavy atom. The van der Waals surface area contributed by atoms with Crippen LogP contribution in [0.3, 0.4) is 0 Å². The molecule has 0 aromatic carbocycles. The van der Waals surface area contributed by atoms with E-state index in [9.17, 15) is 8.42 Å². The fourth-order valence-corrected chi connectivity index (χ4v) is 2.03. The molecule has 0 aliphatic rings. The van der Waals surface area contributed by atoms with Gasteiger partial charge in [-0.15, -0.1) is 0 Å². The Hall–Kier alpha value is -1.69. The molecule has 14 heavy (non-hydrogen) atoms. The van der Waals surface area contributed by atoms with Crippen molar-refractivity contribution in [2.24, 2.45) is 0 Å². The SMILES string of the molecule is O=S(=O)(c1ncccn1)n1cccc1. The number of nitrogens with zero attached hydrogens (tertiary/aromatic N) is 3. The van der Waals surface area contributed by atoms with Crippen molar-refractivity contribution in [2.75, 3.05) is 0 Å². The van der Waals surface area contributed by atoms with Crippen LogP contribution in [0.4, 0.5) is 0 Å². The van der Waals surface area contributed by atoms with Crippen molar-refractivity contribution >= 4 is 10.0 Å². The molecule has 0 saturated heterocycles. The van der Waals surface area contributed by atoms with E-state index < -0.39 is 10.0 Å². The summed E-state index contributed by atoms with van der Waals surface area (Å²) in [6, 6.07) is 4.82. The predicted octanol–water partition coefficient (Wildman–Crippen LogP) is 0.515. The van der Waals surface area contributed by atoms with Crippen LogP contribution >= 0.6 is 0 Å². The Balaban J connectivity index is 2.55. The highest BCUT2D eigenvalue weighted by Gasteiger charge is 2.17. The van der Waals surface area contributed by atoms with Gasteiger partial charge in [-0.2, -0.15) is 8.42 Å². The average Bonchev–Trinajstić information content (AvgIpc) is 2.72. The summed E-state index contributed by atoms with van der Waals surface area (Å²) < 4.78 is 24.5. The molecule has 0 aliphatic carbocycles. The summed E-state index contributed by atoms with van der Waals surface area (Å²) in [5, 5.41) is -0.198. The molecule has 0 fully saturated rings. The molecule has 5 nitrogen and oxygen atoms in total. The first-order valence-corrected chi connectivity index (χ1v) is 5.31. The highest BCUT2D eigenvalue weighted by atomic mass is 32.2. The third kappa shape index (κ3) is 1.39. The maximum Gasteiger partial charge on any atom is 0.303 e. The standard InChI is InChI=1S/C8H7N3O2S/c12-14(13,11-6-1-2-7-11)8-9-4-3-5-10-8/h1-7H. The van der Waals surface area contributed by atoms with Gasteiger partial charge in [-0.05, 0) is 18.2 Å². The summed E-state index contributed by atoms with van der Waals surface area (Å²) >= 11 is 0. The molecule has 0 bridgehead atoms. The maximum atomic E-state index is 11.7. The van der Waals surface area contributed by atoms with E-state index in [0.717, 1.165) is 3.97 Å².